The summed E-state index contributed by atoms with van der Waals surface area (Å²) in [6.07, 6.45) is 3.42. The third kappa shape index (κ3) is 6.06. The minimum absolute atomic E-state index is 0.0860. The fourth-order valence-electron chi connectivity index (χ4n) is 8.86. The quantitative estimate of drug-likeness (QED) is 0.220. The van der Waals surface area contributed by atoms with E-state index in [1.807, 2.05) is 28.9 Å². The monoisotopic (exact) mass is 770 g/mol. The normalized spacial score (nSPS) is 21.2. The number of benzene rings is 3. The van der Waals surface area contributed by atoms with Crippen LogP contribution in [-0.4, -0.2) is 115 Å². The van der Waals surface area contributed by atoms with Gasteiger partial charge in [-0.1, -0.05) is 18.2 Å². The summed E-state index contributed by atoms with van der Waals surface area (Å²) in [7, 11) is 0. The first-order chi connectivity index (χ1) is 27.7. The molecule has 57 heavy (non-hydrogen) atoms. The van der Waals surface area contributed by atoms with E-state index in [0.717, 1.165) is 62.7 Å². The van der Waals surface area contributed by atoms with Gasteiger partial charge in [-0.2, -0.15) is 5.10 Å². The van der Waals surface area contributed by atoms with Crippen LogP contribution in [0.15, 0.2) is 73.1 Å². The topological polar surface area (TPSA) is 172 Å². The summed E-state index contributed by atoms with van der Waals surface area (Å²) in [6.45, 7) is 5.42. The Morgan fingerprint density at radius 3 is 2.30 bits per heavy atom. The Bertz CT molecular complexity index is 2460. The van der Waals surface area contributed by atoms with Crippen LogP contribution < -0.4 is 20.7 Å². The van der Waals surface area contributed by atoms with Crippen LogP contribution in [0, 0.1) is 5.82 Å². The van der Waals surface area contributed by atoms with Gasteiger partial charge in [0.1, 0.15) is 29.6 Å². The summed E-state index contributed by atoms with van der Waals surface area (Å²) in [5.41, 5.74) is 9.56. The molecule has 1 unspecified atom stereocenters. The number of piperidine rings is 2. The number of likely N-dealkylation sites (tertiary alicyclic amines) is 2. The number of carbonyl (C=O) groups excluding carboxylic acids is 4. The molecule has 15 nitrogen and oxygen atoms in total. The molecule has 3 N–H and O–H groups in total. The summed E-state index contributed by atoms with van der Waals surface area (Å²) in [6, 6.07) is 19.1. The number of fused-ring (bicyclic) bond motifs is 2. The van der Waals surface area contributed by atoms with E-state index in [1.165, 1.54) is 12.4 Å². The molecule has 0 saturated carbocycles. The Morgan fingerprint density at radius 1 is 0.789 bits per heavy atom. The van der Waals surface area contributed by atoms with Crippen LogP contribution in [0.1, 0.15) is 52.4 Å². The van der Waals surface area contributed by atoms with E-state index in [2.05, 4.69) is 30.0 Å². The van der Waals surface area contributed by atoms with Gasteiger partial charge in [-0.25, -0.2) is 19.0 Å². The lowest BCUT2D eigenvalue weighted by atomic mass is 9.95. The Kier molecular flexibility index (Phi) is 8.48. The highest BCUT2D eigenvalue weighted by molar-refractivity contribution is 6.23. The second kappa shape index (κ2) is 13.7. The summed E-state index contributed by atoms with van der Waals surface area (Å²) < 4.78 is 23.0. The number of amides is 4. The minimum atomic E-state index is -0.980. The van der Waals surface area contributed by atoms with Gasteiger partial charge >= 0.3 is 0 Å². The molecule has 16 heteroatoms. The van der Waals surface area contributed by atoms with Crippen molar-refractivity contribution in [2.45, 2.75) is 49.9 Å². The van der Waals surface area contributed by atoms with E-state index in [9.17, 15) is 19.2 Å². The van der Waals surface area contributed by atoms with Crippen molar-refractivity contribution in [1.82, 2.24) is 39.8 Å². The fraction of sp³-hybridized carbons (Fsp3) is 0.341. The lowest BCUT2D eigenvalue weighted by Crippen LogP contribution is -2.70. The second-order valence-electron chi connectivity index (χ2n) is 15.4. The van der Waals surface area contributed by atoms with Gasteiger partial charge in [-0.15, -0.1) is 0 Å². The largest absolute Gasteiger partial charge is 0.454 e. The van der Waals surface area contributed by atoms with Gasteiger partial charge in [0, 0.05) is 69.0 Å². The summed E-state index contributed by atoms with van der Waals surface area (Å²) in [4.78, 5) is 67.5. The molecule has 5 aliphatic heterocycles. The van der Waals surface area contributed by atoms with Crippen LogP contribution >= 0.6 is 0 Å². The molecule has 0 aliphatic carbocycles. The lowest BCUT2D eigenvalue weighted by Gasteiger charge is -2.55. The van der Waals surface area contributed by atoms with Crippen LogP contribution in [0.5, 0.6) is 11.5 Å². The molecule has 5 aromatic rings. The zero-order valence-corrected chi connectivity index (χ0v) is 30.9. The van der Waals surface area contributed by atoms with Crippen molar-refractivity contribution < 1.29 is 28.3 Å². The summed E-state index contributed by atoms with van der Waals surface area (Å²) in [5.74, 6) is -1.56. The van der Waals surface area contributed by atoms with Gasteiger partial charge in [0.2, 0.25) is 11.8 Å². The van der Waals surface area contributed by atoms with Crippen molar-refractivity contribution in [1.29, 1.82) is 0 Å². The third-order valence-corrected chi connectivity index (χ3v) is 12.1. The maximum Gasteiger partial charge on any atom is 0.262 e. The number of ether oxygens (including phenoxy) is 1. The van der Waals surface area contributed by atoms with E-state index in [1.54, 1.807) is 36.4 Å². The van der Waals surface area contributed by atoms with Gasteiger partial charge in [-0.3, -0.25) is 39.2 Å². The number of hydrogen-bond donors (Lipinski definition) is 2. The number of nitrogens with zero attached hydrogens (tertiary/aromatic N) is 8. The number of rotatable bonds is 8. The summed E-state index contributed by atoms with van der Waals surface area (Å²) >= 11 is 0. The average Bonchev–Trinajstić information content (AvgIpc) is 3.69. The number of nitrogens with two attached hydrogens (primary N) is 1. The van der Waals surface area contributed by atoms with Crippen LogP contribution in [0.4, 0.5) is 15.9 Å². The highest BCUT2D eigenvalue weighted by Crippen LogP contribution is 2.38. The number of para-hydroxylation sites is 1. The number of nitrogen functional groups attached to an aromatic ring is 1. The maximum absolute atomic E-state index is 15.3. The van der Waals surface area contributed by atoms with Crippen LogP contribution in [0.2, 0.25) is 0 Å². The molecule has 0 radical (unpaired) electrons. The number of nitrogens with one attached hydrogen (secondary N) is 1. The van der Waals surface area contributed by atoms with E-state index >= 15 is 4.39 Å². The molecule has 1 atom stereocenters. The van der Waals surface area contributed by atoms with Gasteiger partial charge < -0.3 is 15.4 Å². The Labute approximate surface area is 326 Å². The molecule has 0 bridgehead atoms. The van der Waals surface area contributed by atoms with Crippen LogP contribution in [-0.2, 0) is 9.59 Å². The molecule has 3 aromatic carbocycles. The van der Waals surface area contributed by atoms with Crippen LogP contribution in [0.25, 0.3) is 22.3 Å². The van der Waals surface area contributed by atoms with Crippen molar-refractivity contribution >= 4 is 46.2 Å². The van der Waals surface area contributed by atoms with Gasteiger partial charge in [0.15, 0.2) is 17.2 Å². The molecule has 0 spiro atoms. The van der Waals surface area contributed by atoms with Crippen molar-refractivity contribution in [3.05, 3.63) is 90.0 Å². The molecule has 5 aliphatic rings. The zero-order chi connectivity index (χ0) is 38.9. The standard InChI is InChI=1S/C41H39FN10O5/c42-31-16-23(6-10-33(31)57-28-4-2-1-3-5-28)36-35-37(43)44-22-45-38(35)52(47-36)24-12-14-48(15-13-24)26-18-50(19-26)27-20-49(21-27)25-7-8-29-30(17-25)41(56)51(40(29)55)32-9-11-34(53)46-39(32)54/h1-8,10,16-17,22,24,26-27,32H,9,11-15,18-21H2,(H2,43,44,45)(H,46,53,54). The van der Waals surface area contributed by atoms with Crippen molar-refractivity contribution in [2.24, 2.45) is 0 Å². The molecule has 290 valence electrons. The lowest BCUT2D eigenvalue weighted by molar-refractivity contribution is -0.136. The highest BCUT2D eigenvalue weighted by Gasteiger charge is 2.46. The SMILES string of the molecule is Nc1ncnc2c1c(-c1ccc(Oc3ccccc3)c(F)c1)nn2C1CCN(C2CN(C3CN(c4ccc5c(c4)C(=O)N(C4CCC(=O)NC4=O)C5=O)C3)C2)CC1. The molecular formula is C41H39FN10O5. The number of carbonyl (C=O) groups is 4. The van der Waals surface area contributed by atoms with E-state index < -0.39 is 35.5 Å². The smallest absolute Gasteiger partial charge is 0.262 e. The molecule has 4 fully saturated rings. The van der Waals surface area contributed by atoms with Gasteiger partial charge in [0.05, 0.1) is 22.6 Å². The minimum Gasteiger partial charge on any atom is -0.454 e. The summed E-state index contributed by atoms with van der Waals surface area (Å²) in [5, 5.41) is 7.82. The predicted molar refractivity (Wildman–Crippen MR) is 206 cm³/mol. The number of hydrogen-bond acceptors (Lipinski definition) is 12. The van der Waals surface area contributed by atoms with E-state index in [4.69, 9.17) is 15.6 Å². The zero-order valence-electron chi connectivity index (χ0n) is 30.9. The molecule has 4 saturated heterocycles. The first-order valence-corrected chi connectivity index (χ1v) is 19.3. The van der Waals surface area contributed by atoms with Crippen molar-refractivity contribution in [3.63, 3.8) is 0 Å². The van der Waals surface area contributed by atoms with E-state index in [0.29, 0.717) is 51.5 Å². The third-order valence-electron chi connectivity index (χ3n) is 12.1. The molecule has 7 heterocycles. The second-order valence-corrected chi connectivity index (χ2v) is 15.4. The molecule has 2 aromatic heterocycles. The molecule has 10 rings (SSSR count). The Hall–Kier alpha value is -6.26. The van der Waals surface area contributed by atoms with Gasteiger partial charge in [-0.05, 0) is 67.8 Å². The van der Waals surface area contributed by atoms with Gasteiger partial charge in [0.25, 0.3) is 11.8 Å². The first-order valence-electron chi connectivity index (χ1n) is 19.3. The number of aromatic nitrogens is 4. The maximum atomic E-state index is 15.3. The van der Waals surface area contributed by atoms with Crippen LogP contribution in [0.3, 0.4) is 0 Å². The average molecular weight is 771 g/mol. The van der Waals surface area contributed by atoms with Crippen molar-refractivity contribution in [2.75, 3.05) is 49.9 Å². The number of anilines is 2. The first kappa shape index (κ1) is 35.2. The van der Waals surface area contributed by atoms with Crippen molar-refractivity contribution in [3.8, 4) is 22.8 Å². The van der Waals surface area contributed by atoms with E-state index in [-0.39, 0.29) is 30.2 Å². The number of imide groups is 2. The Morgan fingerprint density at radius 2 is 1.54 bits per heavy atom. The molecular weight excluding hydrogens is 732 g/mol. The highest BCUT2D eigenvalue weighted by atomic mass is 19.1. The molecule has 4 amide bonds. The Balaban J connectivity index is 0.747. The fourth-order valence-corrected chi connectivity index (χ4v) is 8.86. The number of halogens is 1. The predicted octanol–water partition coefficient (Wildman–Crippen LogP) is 3.62.